The van der Waals surface area contributed by atoms with E-state index in [1.54, 1.807) is 7.05 Å². The fourth-order valence-electron chi connectivity index (χ4n) is 2.58. The van der Waals surface area contributed by atoms with E-state index in [9.17, 15) is 4.79 Å². The molecule has 0 atom stereocenters. The molecule has 0 unspecified atom stereocenters. The standard InChI is InChI=1S/C16H15BrN2O/c1-10-3-5-14-12(7-10)13-8-11(17)4-6-15(13)19(14)9-16(20)18-2/h3-8H,9H2,1-2H3,(H,18,20). The third-order valence-corrected chi connectivity index (χ3v) is 4.06. The summed E-state index contributed by atoms with van der Waals surface area (Å²) in [7, 11) is 1.66. The molecule has 0 saturated carbocycles. The highest BCUT2D eigenvalue weighted by Gasteiger charge is 2.13. The van der Waals surface area contributed by atoms with Crippen LogP contribution in [0, 0.1) is 6.92 Å². The normalized spacial score (nSPS) is 11.2. The van der Waals surface area contributed by atoms with Crippen molar-refractivity contribution in [2.24, 2.45) is 0 Å². The number of aromatic nitrogens is 1. The average Bonchev–Trinajstić information content (AvgIpc) is 2.72. The zero-order chi connectivity index (χ0) is 14.3. The molecule has 0 radical (unpaired) electrons. The molecule has 0 aliphatic heterocycles. The van der Waals surface area contributed by atoms with Crippen LogP contribution in [0.25, 0.3) is 21.8 Å². The first-order valence-corrected chi connectivity index (χ1v) is 7.28. The number of rotatable bonds is 2. The first-order valence-electron chi connectivity index (χ1n) is 6.49. The number of amides is 1. The highest BCUT2D eigenvalue weighted by atomic mass is 79.9. The minimum absolute atomic E-state index is 0.00675. The van der Waals surface area contributed by atoms with Crippen molar-refractivity contribution in [3.63, 3.8) is 0 Å². The Balaban J connectivity index is 2.37. The summed E-state index contributed by atoms with van der Waals surface area (Å²) in [6.07, 6.45) is 0. The lowest BCUT2D eigenvalue weighted by atomic mass is 10.1. The monoisotopic (exact) mass is 330 g/mol. The Hall–Kier alpha value is -1.81. The zero-order valence-corrected chi connectivity index (χ0v) is 13.0. The molecule has 4 heteroatoms. The maximum absolute atomic E-state index is 11.8. The molecule has 0 saturated heterocycles. The Bertz CT molecular complexity index is 761. The molecule has 1 aromatic heterocycles. The maximum atomic E-state index is 11.8. The van der Waals surface area contributed by atoms with Crippen LogP contribution in [0.4, 0.5) is 0 Å². The van der Waals surface area contributed by atoms with Crippen LogP contribution in [-0.2, 0) is 11.3 Å². The van der Waals surface area contributed by atoms with Crippen molar-refractivity contribution in [2.75, 3.05) is 7.05 Å². The van der Waals surface area contributed by atoms with Gasteiger partial charge in [-0.3, -0.25) is 4.79 Å². The molecule has 1 N–H and O–H groups in total. The van der Waals surface area contributed by atoms with Gasteiger partial charge in [0.15, 0.2) is 0 Å². The summed E-state index contributed by atoms with van der Waals surface area (Å²) >= 11 is 3.52. The molecule has 0 bridgehead atoms. The van der Waals surface area contributed by atoms with Gasteiger partial charge in [0.1, 0.15) is 6.54 Å². The molecule has 3 nitrogen and oxygen atoms in total. The molecular formula is C16H15BrN2O. The fourth-order valence-corrected chi connectivity index (χ4v) is 2.94. The predicted molar refractivity (Wildman–Crippen MR) is 85.9 cm³/mol. The van der Waals surface area contributed by atoms with Crippen LogP contribution in [0.15, 0.2) is 40.9 Å². The van der Waals surface area contributed by atoms with E-state index in [2.05, 4.69) is 63.1 Å². The quantitative estimate of drug-likeness (QED) is 0.765. The highest BCUT2D eigenvalue weighted by molar-refractivity contribution is 9.10. The summed E-state index contributed by atoms with van der Waals surface area (Å²) < 4.78 is 3.11. The molecule has 3 rings (SSSR count). The van der Waals surface area contributed by atoms with Gasteiger partial charge in [-0.2, -0.15) is 0 Å². The Morgan fingerprint density at radius 2 is 1.80 bits per heavy atom. The number of benzene rings is 2. The summed E-state index contributed by atoms with van der Waals surface area (Å²) in [6, 6.07) is 12.5. The van der Waals surface area contributed by atoms with Crippen LogP contribution in [0.3, 0.4) is 0 Å². The van der Waals surface area contributed by atoms with Crippen molar-refractivity contribution in [3.8, 4) is 0 Å². The molecule has 102 valence electrons. The zero-order valence-electron chi connectivity index (χ0n) is 11.4. The molecule has 0 fully saturated rings. The topological polar surface area (TPSA) is 34.0 Å². The number of carbonyl (C=O) groups excluding carboxylic acids is 1. The van der Waals surface area contributed by atoms with Crippen LogP contribution in [0.2, 0.25) is 0 Å². The second kappa shape index (κ2) is 4.94. The van der Waals surface area contributed by atoms with Gasteiger partial charge in [0.05, 0.1) is 0 Å². The second-order valence-corrected chi connectivity index (χ2v) is 5.86. The minimum atomic E-state index is 0.00675. The van der Waals surface area contributed by atoms with Crippen molar-refractivity contribution in [1.29, 1.82) is 0 Å². The number of aryl methyl sites for hydroxylation is 1. The van der Waals surface area contributed by atoms with E-state index < -0.39 is 0 Å². The number of nitrogens with zero attached hydrogens (tertiary/aromatic N) is 1. The Labute approximate surface area is 125 Å². The molecule has 1 amide bonds. The Morgan fingerprint density at radius 3 is 2.50 bits per heavy atom. The van der Waals surface area contributed by atoms with E-state index in [0.29, 0.717) is 6.54 Å². The van der Waals surface area contributed by atoms with E-state index in [0.717, 1.165) is 15.5 Å². The van der Waals surface area contributed by atoms with E-state index in [1.807, 2.05) is 6.07 Å². The number of carbonyl (C=O) groups is 1. The molecule has 0 aliphatic rings. The number of hydrogen-bond acceptors (Lipinski definition) is 1. The smallest absolute Gasteiger partial charge is 0.239 e. The molecule has 20 heavy (non-hydrogen) atoms. The van der Waals surface area contributed by atoms with Crippen LogP contribution >= 0.6 is 15.9 Å². The first kappa shape index (κ1) is 13.2. The van der Waals surface area contributed by atoms with Gasteiger partial charge in [-0.15, -0.1) is 0 Å². The van der Waals surface area contributed by atoms with Crippen LogP contribution in [-0.4, -0.2) is 17.5 Å². The maximum Gasteiger partial charge on any atom is 0.239 e. The van der Waals surface area contributed by atoms with Gasteiger partial charge in [0.2, 0.25) is 5.91 Å². The molecule has 1 heterocycles. The first-order chi connectivity index (χ1) is 9.60. The third-order valence-electron chi connectivity index (χ3n) is 3.56. The van der Waals surface area contributed by atoms with Gasteiger partial charge >= 0.3 is 0 Å². The molecular weight excluding hydrogens is 316 g/mol. The lowest BCUT2D eigenvalue weighted by Crippen LogP contribution is -2.23. The largest absolute Gasteiger partial charge is 0.358 e. The summed E-state index contributed by atoms with van der Waals surface area (Å²) in [5.41, 5.74) is 3.39. The van der Waals surface area contributed by atoms with Gasteiger partial charge in [0.25, 0.3) is 0 Å². The number of nitrogens with one attached hydrogen (secondary N) is 1. The summed E-state index contributed by atoms with van der Waals surface area (Å²) in [5.74, 6) is 0.00675. The number of hydrogen-bond donors (Lipinski definition) is 1. The molecule has 3 aromatic rings. The van der Waals surface area contributed by atoms with Crippen LogP contribution in [0.1, 0.15) is 5.56 Å². The summed E-state index contributed by atoms with van der Waals surface area (Å²) in [6.45, 7) is 2.42. The molecule has 0 aliphatic carbocycles. The van der Waals surface area contributed by atoms with Crippen molar-refractivity contribution >= 4 is 43.6 Å². The van der Waals surface area contributed by atoms with Crippen molar-refractivity contribution < 1.29 is 4.79 Å². The van der Waals surface area contributed by atoms with Gasteiger partial charge in [-0.25, -0.2) is 0 Å². The van der Waals surface area contributed by atoms with Crippen molar-refractivity contribution in [3.05, 3.63) is 46.4 Å². The fraction of sp³-hybridized carbons (Fsp3) is 0.188. The predicted octanol–water partition coefficient (Wildman–Crippen LogP) is 3.61. The summed E-state index contributed by atoms with van der Waals surface area (Å²) in [5, 5.41) is 5.04. The minimum Gasteiger partial charge on any atom is -0.358 e. The van der Waals surface area contributed by atoms with Gasteiger partial charge in [-0.1, -0.05) is 27.6 Å². The van der Waals surface area contributed by atoms with Crippen LogP contribution < -0.4 is 5.32 Å². The lowest BCUT2D eigenvalue weighted by Gasteiger charge is -2.06. The average molecular weight is 331 g/mol. The van der Waals surface area contributed by atoms with E-state index in [4.69, 9.17) is 0 Å². The van der Waals surface area contributed by atoms with Gasteiger partial charge < -0.3 is 9.88 Å². The molecule has 2 aromatic carbocycles. The summed E-state index contributed by atoms with van der Waals surface area (Å²) in [4.78, 5) is 11.8. The van der Waals surface area contributed by atoms with Gasteiger partial charge in [-0.05, 0) is 37.3 Å². The second-order valence-electron chi connectivity index (χ2n) is 4.94. The lowest BCUT2D eigenvalue weighted by molar-refractivity contribution is -0.121. The highest BCUT2D eigenvalue weighted by Crippen LogP contribution is 2.31. The van der Waals surface area contributed by atoms with Crippen molar-refractivity contribution in [2.45, 2.75) is 13.5 Å². The number of likely N-dealkylation sites (N-methyl/N-ethyl adjacent to an activating group) is 1. The SMILES string of the molecule is CNC(=O)Cn1c2ccc(C)cc2c2cc(Br)ccc21. The number of halogens is 1. The molecule has 0 spiro atoms. The third kappa shape index (κ3) is 2.10. The Kier molecular flexibility index (Phi) is 3.26. The Morgan fingerprint density at radius 1 is 1.15 bits per heavy atom. The van der Waals surface area contributed by atoms with Crippen LogP contribution in [0.5, 0.6) is 0 Å². The van der Waals surface area contributed by atoms with E-state index in [1.165, 1.54) is 16.3 Å². The van der Waals surface area contributed by atoms with E-state index >= 15 is 0 Å². The number of fused-ring (bicyclic) bond motifs is 3. The van der Waals surface area contributed by atoms with E-state index in [-0.39, 0.29) is 5.91 Å². The van der Waals surface area contributed by atoms with Crippen molar-refractivity contribution in [1.82, 2.24) is 9.88 Å². The van der Waals surface area contributed by atoms with Gasteiger partial charge in [0, 0.05) is 33.3 Å².